The normalized spacial score (nSPS) is 43.9. The summed E-state index contributed by atoms with van der Waals surface area (Å²) in [5, 5.41) is 0. The molecule has 0 heterocycles. The van der Waals surface area contributed by atoms with E-state index in [1.54, 1.807) is 7.11 Å². The Kier molecular flexibility index (Phi) is 3.68. The van der Waals surface area contributed by atoms with Crippen molar-refractivity contribution in [2.75, 3.05) is 7.11 Å². The molecule has 0 spiro atoms. The zero-order valence-corrected chi connectivity index (χ0v) is 12.2. The predicted molar refractivity (Wildman–Crippen MR) is 75.5 cm³/mol. The first-order chi connectivity index (χ1) is 9.26. The van der Waals surface area contributed by atoms with Crippen LogP contribution in [0.1, 0.15) is 45.4 Å². The van der Waals surface area contributed by atoms with Crippen LogP contribution in [-0.2, 0) is 9.53 Å². The molecule has 0 unspecified atom stereocenters. The van der Waals surface area contributed by atoms with Crippen molar-refractivity contribution < 1.29 is 9.53 Å². The summed E-state index contributed by atoms with van der Waals surface area (Å²) in [5.41, 5.74) is 0. The summed E-state index contributed by atoms with van der Waals surface area (Å²) in [4.78, 5) is 12.1. The lowest BCUT2D eigenvalue weighted by Crippen LogP contribution is -2.27. The average Bonchev–Trinajstić information content (AvgIpc) is 3.02. The second kappa shape index (κ2) is 5.30. The van der Waals surface area contributed by atoms with Crippen LogP contribution in [-0.4, -0.2) is 13.1 Å². The average molecular weight is 262 g/mol. The van der Waals surface area contributed by atoms with Gasteiger partial charge in [0.05, 0.1) is 13.0 Å². The van der Waals surface area contributed by atoms with Gasteiger partial charge in [0.25, 0.3) is 0 Å². The number of carbonyl (C=O) groups excluding carboxylic acids is 1. The Labute approximate surface area is 116 Å². The van der Waals surface area contributed by atoms with Crippen LogP contribution < -0.4 is 0 Å². The SMILES string of the molecule is CCC[C@H]1[C@@H]2C=C[C@@H]3CCC[C@H]3[C@@H]2C[C@H]1C(=O)OC. The predicted octanol–water partition coefficient (Wildman–Crippen LogP) is 3.81. The van der Waals surface area contributed by atoms with Gasteiger partial charge in [0.1, 0.15) is 0 Å². The molecule has 0 saturated heterocycles. The Bertz CT molecular complexity index is 373. The van der Waals surface area contributed by atoms with Crippen LogP contribution in [0.5, 0.6) is 0 Å². The fourth-order valence-electron chi connectivity index (χ4n) is 5.16. The molecule has 0 radical (unpaired) electrons. The maximum atomic E-state index is 12.1. The number of hydrogen-bond acceptors (Lipinski definition) is 2. The molecule has 0 aromatic rings. The van der Waals surface area contributed by atoms with Crippen molar-refractivity contribution in [3.05, 3.63) is 12.2 Å². The smallest absolute Gasteiger partial charge is 0.308 e. The topological polar surface area (TPSA) is 26.3 Å². The van der Waals surface area contributed by atoms with Gasteiger partial charge in [0, 0.05) is 0 Å². The highest BCUT2D eigenvalue weighted by Crippen LogP contribution is 2.55. The Morgan fingerprint density at radius 2 is 2.11 bits per heavy atom. The van der Waals surface area contributed by atoms with Crippen LogP contribution in [0.25, 0.3) is 0 Å². The molecule has 0 amide bonds. The molecule has 0 bridgehead atoms. The van der Waals surface area contributed by atoms with E-state index in [1.165, 1.54) is 32.1 Å². The van der Waals surface area contributed by atoms with Gasteiger partial charge < -0.3 is 4.74 Å². The van der Waals surface area contributed by atoms with Crippen molar-refractivity contribution in [2.24, 2.45) is 35.5 Å². The summed E-state index contributed by atoms with van der Waals surface area (Å²) in [6.45, 7) is 2.23. The van der Waals surface area contributed by atoms with Crippen LogP contribution in [0.2, 0.25) is 0 Å². The second-order valence-electron chi connectivity index (χ2n) is 6.70. The molecular weight excluding hydrogens is 236 g/mol. The number of esters is 1. The van der Waals surface area contributed by atoms with Crippen LogP contribution in [0.4, 0.5) is 0 Å². The van der Waals surface area contributed by atoms with Crippen molar-refractivity contribution in [1.29, 1.82) is 0 Å². The van der Waals surface area contributed by atoms with E-state index >= 15 is 0 Å². The highest BCUT2D eigenvalue weighted by Gasteiger charge is 2.51. The first kappa shape index (κ1) is 13.2. The quantitative estimate of drug-likeness (QED) is 0.571. The molecule has 19 heavy (non-hydrogen) atoms. The molecule has 3 rings (SSSR count). The van der Waals surface area contributed by atoms with Crippen molar-refractivity contribution in [1.82, 2.24) is 0 Å². The third-order valence-corrected chi connectivity index (χ3v) is 5.91. The molecule has 2 nitrogen and oxygen atoms in total. The number of rotatable bonds is 3. The number of methoxy groups -OCH3 is 1. The van der Waals surface area contributed by atoms with Crippen LogP contribution >= 0.6 is 0 Å². The van der Waals surface area contributed by atoms with Gasteiger partial charge in [-0.3, -0.25) is 4.79 Å². The number of fused-ring (bicyclic) bond motifs is 3. The largest absolute Gasteiger partial charge is 0.469 e. The van der Waals surface area contributed by atoms with Crippen molar-refractivity contribution in [3.8, 4) is 0 Å². The Balaban J connectivity index is 1.84. The number of allylic oxidation sites excluding steroid dienone is 2. The standard InChI is InChI=1S/C17H26O2/c1-3-5-13-14-9-8-11-6-4-7-12(11)15(14)10-16(13)17(18)19-2/h8-9,11-16H,3-7,10H2,1-2H3/t11-,12+,13-,14-,15-,16+/m0/s1. The van der Waals surface area contributed by atoms with Crippen molar-refractivity contribution in [2.45, 2.75) is 45.4 Å². The van der Waals surface area contributed by atoms with Gasteiger partial charge in [-0.05, 0) is 55.3 Å². The zero-order chi connectivity index (χ0) is 13.4. The third-order valence-electron chi connectivity index (χ3n) is 5.91. The maximum absolute atomic E-state index is 12.1. The van der Waals surface area contributed by atoms with E-state index in [2.05, 4.69) is 19.1 Å². The zero-order valence-electron chi connectivity index (χ0n) is 12.2. The minimum atomic E-state index is 0.0378. The molecule has 106 valence electrons. The molecule has 0 aromatic carbocycles. The first-order valence-electron chi connectivity index (χ1n) is 8.02. The van der Waals surface area contributed by atoms with E-state index in [9.17, 15) is 4.79 Å². The van der Waals surface area contributed by atoms with Crippen LogP contribution in [0, 0.1) is 35.5 Å². The molecule has 3 aliphatic rings. The number of hydrogen-bond donors (Lipinski definition) is 0. The fourth-order valence-corrected chi connectivity index (χ4v) is 5.16. The van der Waals surface area contributed by atoms with Gasteiger partial charge in [-0.25, -0.2) is 0 Å². The molecular formula is C17H26O2. The highest BCUT2D eigenvalue weighted by atomic mass is 16.5. The Morgan fingerprint density at radius 1 is 1.26 bits per heavy atom. The number of carbonyl (C=O) groups is 1. The minimum Gasteiger partial charge on any atom is -0.469 e. The van der Waals surface area contributed by atoms with Crippen molar-refractivity contribution in [3.63, 3.8) is 0 Å². The lowest BCUT2D eigenvalue weighted by molar-refractivity contribution is -0.147. The first-order valence-corrected chi connectivity index (χ1v) is 8.02. The molecule has 2 fully saturated rings. The third kappa shape index (κ3) is 2.13. The van der Waals surface area contributed by atoms with E-state index in [1.807, 2.05) is 0 Å². The highest BCUT2D eigenvalue weighted by molar-refractivity contribution is 5.73. The molecule has 0 aromatic heterocycles. The van der Waals surface area contributed by atoms with E-state index in [0.717, 1.165) is 24.2 Å². The number of ether oxygens (including phenoxy) is 1. The molecule has 3 aliphatic carbocycles. The maximum Gasteiger partial charge on any atom is 0.308 e. The van der Waals surface area contributed by atoms with Gasteiger partial charge in [-0.2, -0.15) is 0 Å². The fraction of sp³-hybridized carbons (Fsp3) is 0.824. The van der Waals surface area contributed by atoms with Gasteiger partial charge in [0.15, 0.2) is 0 Å². The van der Waals surface area contributed by atoms with E-state index in [-0.39, 0.29) is 11.9 Å². The van der Waals surface area contributed by atoms with Gasteiger partial charge in [-0.1, -0.05) is 31.9 Å². The molecule has 2 saturated carbocycles. The summed E-state index contributed by atoms with van der Waals surface area (Å²) in [7, 11) is 1.54. The van der Waals surface area contributed by atoms with Gasteiger partial charge >= 0.3 is 5.97 Å². The van der Waals surface area contributed by atoms with Gasteiger partial charge in [-0.15, -0.1) is 0 Å². The minimum absolute atomic E-state index is 0.0378. The van der Waals surface area contributed by atoms with E-state index in [4.69, 9.17) is 4.74 Å². The van der Waals surface area contributed by atoms with Gasteiger partial charge in [0.2, 0.25) is 0 Å². The Morgan fingerprint density at radius 3 is 2.84 bits per heavy atom. The second-order valence-corrected chi connectivity index (χ2v) is 6.70. The molecule has 2 heteroatoms. The van der Waals surface area contributed by atoms with Crippen LogP contribution in [0.15, 0.2) is 12.2 Å². The molecule has 0 aliphatic heterocycles. The van der Waals surface area contributed by atoms with Crippen molar-refractivity contribution >= 4 is 5.97 Å². The summed E-state index contributed by atoms with van der Waals surface area (Å²) >= 11 is 0. The summed E-state index contributed by atoms with van der Waals surface area (Å²) < 4.78 is 5.07. The molecule has 0 N–H and O–H groups in total. The van der Waals surface area contributed by atoms with E-state index < -0.39 is 0 Å². The van der Waals surface area contributed by atoms with Crippen LogP contribution in [0.3, 0.4) is 0 Å². The summed E-state index contributed by atoms with van der Waals surface area (Å²) in [5.74, 6) is 3.77. The molecule has 6 atom stereocenters. The monoisotopic (exact) mass is 262 g/mol. The lowest BCUT2D eigenvalue weighted by Gasteiger charge is -2.34. The lowest BCUT2D eigenvalue weighted by atomic mass is 9.71. The summed E-state index contributed by atoms with van der Waals surface area (Å²) in [6.07, 6.45) is 12.5. The summed E-state index contributed by atoms with van der Waals surface area (Å²) in [6, 6.07) is 0. The van der Waals surface area contributed by atoms with E-state index in [0.29, 0.717) is 11.8 Å². The Hall–Kier alpha value is -0.790.